The number of ether oxygens (including phenoxy) is 1. The van der Waals surface area contributed by atoms with Gasteiger partial charge in [0, 0.05) is 57.3 Å². The van der Waals surface area contributed by atoms with E-state index in [4.69, 9.17) is 16.3 Å². The molecule has 0 radical (unpaired) electrons. The molecular formula is C36H41ClF3N5O5. The fourth-order valence-electron chi connectivity index (χ4n) is 7.46. The van der Waals surface area contributed by atoms with Gasteiger partial charge in [-0.2, -0.15) is 13.2 Å². The summed E-state index contributed by atoms with van der Waals surface area (Å²) < 4.78 is 46.6. The number of carbonyl (C=O) groups excluding carboxylic acids is 2. The number of carboxylic acids is 1. The van der Waals surface area contributed by atoms with Gasteiger partial charge in [-0.1, -0.05) is 41.9 Å². The van der Waals surface area contributed by atoms with Crippen molar-refractivity contribution in [3.63, 3.8) is 0 Å². The SMILES string of the molecule is O=C(Nc1ccc(CC(=O)C(OC2CCC(C(=O)O)CC2)(N2CCCC2)N2CCN(CC(F)(F)F)CC2)cc1Cl)c1nccc2ccccc12. The summed E-state index contributed by atoms with van der Waals surface area (Å²) in [5.74, 6) is -3.57. The first-order chi connectivity index (χ1) is 23.9. The van der Waals surface area contributed by atoms with Crippen LogP contribution < -0.4 is 5.32 Å². The minimum absolute atomic E-state index is 0.0808. The van der Waals surface area contributed by atoms with Crippen LogP contribution in [0.2, 0.25) is 5.02 Å². The number of halogens is 4. The number of aliphatic carboxylic acids is 1. The standard InChI is InChI=1S/C36H41ClF3N5O5/c37-29-21-24(7-12-30(29)42-33(47)32-28-6-2-1-5-25(28)13-14-41-32)22-31(46)36(44-15-3-4-16-44,50-27-10-8-26(9-11-27)34(48)49)45-19-17-43(18-20-45)23-35(38,39)40/h1-2,5-7,12-14,21,26-27H,3-4,8-11,15-20,22-23H2,(H,42,47)(H,48,49). The lowest BCUT2D eigenvalue weighted by Crippen LogP contribution is -2.71. The number of amides is 1. The van der Waals surface area contributed by atoms with Crippen LogP contribution in [-0.4, -0.2) is 106 Å². The van der Waals surface area contributed by atoms with Crippen molar-refractivity contribution in [3.8, 4) is 0 Å². The van der Waals surface area contributed by atoms with E-state index in [1.807, 2.05) is 40.1 Å². The molecule has 2 aromatic carbocycles. The van der Waals surface area contributed by atoms with Crippen LogP contribution >= 0.6 is 11.6 Å². The summed E-state index contributed by atoms with van der Waals surface area (Å²) in [6.07, 6.45) is 0.180. The van der Waals surface area contributed by atoms with Crippen molar-refractivity contribution in [2.75, 3.05) is 51.1 Å². The number of likely N-dealkylation sites (tertiary alicyclic amines) is 1. The molecule has 1 atom stereocenters. The van der Waals surface area contributed by atoms with Crippen molar-refractivity contribution in [1.29, 1.82) is 0 Å². The molecule has 10 nitrogen and oxygen atoms in total. The Morgan fingerprint density at radius 1 is 0.920 bits per heavy atom. The zero-order valence-corrected chi connectivity index (χ0v) is 28.4. The summed E-state index contributed by atoms with van der Waals surface area (Å²) in [5.41, 5.74) is 1.18. The van der Waals surface area contributed by atoms with E-state index >= 15 is 0 Å². The highest BCUT2D eigenvalue weighted by molar-refractivity contribution is 6.34. The molecule has 0 bridgehead atoms. The van der Waals surface area contributed by atoms with Gasteiger partial charge in [-0.05, 0) is 67.7 Å². The smallest absolute Gasteiger partial charge is 0.401 e. The molecule has 1 amide bonds. The normalized spacial score (nSPS) is 22.3. The zero-order chi connectivity index (χ0) is 35.5. The molecule has 6 rings (SSSR count). The molecule has 14 heteroatoms. The molecule has 50 heavy (non-hydrogen) atoms. The van der Waals surface area contributed by atoms with Gasteiger partial charge in [-0.25, -0.2) is 0 Å². The van der Waals surface area contributed by atoms with Gasteiger partial charge in [0.2, 0.25) is 5.85 Å². The molecule has 3 heterocycles. The fraction of sp³-hybridized carbons (Fsp3) is 0.500. The number of benzene rings is 2. The number of carboxylic acid groups (broad SMARTS) is 1. The molecule has 1 saturated carbocycles. The van der Waals surface area contributed by atoms with Crippen molar-refractivity contribution in [2.45, 2.75) is 63.1 Å². The van der Waals surface area contributed by atoms with Gasteiger partial charge in [0.05, 0.1) is 29.3 Å². The number of ketones is 1. The summed E-state index contributed by atoms with van der Waals surface area (Å²) in [6, 6.07) is 14.2. The predicted molar refractivity (Wildman–Crippen MR) is 182 cm³/mol. The number of hydrogen-bond acceptors (Lipinski definition) is 8. The fourth-order valence-corrected chi connectivity index (χ4v) is 7.71. The van der Waals surface area contributed by atoms with E-state index in [1.54, 1.807) is 24.4 Å². The number of alkyl halides is 3. The minimum atomic E-state index is -4.33. The Labute approximate surface area is 293 Å². The Bertz CT molecular complexity index is 1700. The first kappa shape index (κ1) is 36.2. The number of hydrogen-bond donors (Lipinski definition) is 2. The molecule has 3 aliphatic rings. The van der Waals surface area contributed by atoms with Crippen LogP contribution in [0.5, 0.6) is 0 Å². The molecule has 268 valence electrons. The van der Waals surface area contributed by atoms with E-state index in [-0.39, 0.29) is 49.1 Å². The third kappa shape index (κ3) is 8.13. The van der Waals surface area contributed by atoms with E-state index < -0.39 is 42.5 Å². The van der Waals surface area contributed by atoms with E-state index in [2.05, 4.69) is 10.3 Å². The van der Waals surface area contributed by atoms with E-state index in [1.165, 1.54) is 4.90 Å². The maximum absolute atomic E-state index is 14.7. The maximum atomic E-state index is 14.7. The van der Waals surface area contributed by atoms with Gasteiger partial charge in [0.25, 0.3) is 5.91 Å². The minimum Gasteiger partial charge on any atom is -0.481 e. The highest BCUT2D eigenvalue weighted by Crippen LogP contribution is 2.37. The summed E-state index contributed by atoms with van der Waals surface area (Å²) in [7, 11) is 0. The average molecular weight is 716 g/mol. The Kier molecular flexibility index (Phi) is 11.1. The number of anilines is 1. The second kappa shape index (κ2) is 15.3. The topological polar surface area (TPSA) is 115 Å². The number of carbonyl (C=O) groups is 3. The lowest BCUT2D eigenvalue weighted by molar-refractivity contribution is -0.262. The van der Waals surface area contributed by atoms with Gasteiger partial charge in [-0.15, -0.1) is 0 Å². The van der Waals surface area contributed by atoms with Crippen LogP contribution in [0.25, 0.3) is 10.8 Å². The zero-order valence-electron chi connectivity index (χ0n) is 27.6. The Morgan fingerprint density at radius 2 is 1.60 bits per heavy atom. The number of piperazine rings is 1. The molecule has 2 N–H and O–H groups in total. The van der Waals surface area contributed by atoms with Gasteiger partial charge >= 0.3 is 12.1 Å². The molecule has 1 aliphatic carbocycles. The molecule has 1 aromatic heterocycles. The number of nitrogens with zero attached hydrogens (tertiary/aromatic N) is 4. The van der Waals surface area contributed by atoms with E-state index in [0.717, 1.165) is 18.2 Å². The lowest BCUT2D eigenvalue weighted by atomic mass is 9.87. The third-order valence-electron chi connectivity index (χ3n) is 9.99. The molecular weight excluding hydrogens is 675 g/mol. The number of nitrogens with one attached hydrogen (secondary N) is 1. The lowest BCUT2D eigenvalue weighted by Gasteiger charge is -2.52. The first-order valence-electron chi connectivity index (χ1n) is 17.1. The molecule has 3 fully saturated rings. The second-order valence-electron chi connectivity index (χ2n) is 13.4. The monoisotopic (exact) mass is 715 g/mol. The second-order valence-corrected chi connectivity index (χ2v) is 13.8. The summed E-state index contributed by atoms with van der Waals surface area (Å²) in [6.45, 7) is 0.739. The molecule has 1 unspecified atom stereocenters. The van der Waals surface area contributed by atoms with Crippen LogP contribution in [0.1, 0.15) is 54.6 Å². The van der Waals surface area contributed by atoms with E-state index in [9.17, 15) is 32.7 Å². The predicted octanol–water partition coefficient (Wildman–Crippen LogP) is 5.84. The van der Waals surface area contributed by atoms with Crippen molar-refractivity contribution < 1.29 is 37.4 Å². The number of pyridine rings is 1. The van der Waals surface area contributed by atoms with Crippen LogP contribution in [0, 0.1) is 5.92 Å². The molecule has 0 spiro atoms. The Hall–Kier alpha value is -3.62. The maximum Gasteiger partial charge on any atom is 0.401 e. The van der Waals surface area contributed by atoms with Gasteiger partial charge in [0.1, 0.15) is 5.69 Å². The summed E-state index contributed by atoms with van der Waals surface area (Å²) >= 11 is 6.67. The first-order valence-corrected chi connectivity index (χ1v) is 17.5. The number of aromatic nitrogens is 1. The highest BCUT2D eigenvalue weighted by Gasteiger charge is 2.53. The highest BCUT2D eigenvalue weighted by atomic mass is 35.5. The van der Waals surface area contributed by atoms with Crippen LogP contribution in [0.4, 0.5) is 18.9 Å². The molecule has 2 aliphatic heterocycles. The molecule has 3 aromatic rings. The third-order valence-corrected chi connectivity index (χ3v) is 10.3. The van der Waals surface area contributed by atoms with Crippen molar-refractivity contribution in [2.24, 2.45) is 5.92 Å². The number of fused-ring (bicyclic) bond motifs is 1. The van der Waals surface area contributed by atoms with Crippen molar-refractivity contribution in [3.05, 3.63) is 71.0 Å². The molecule has 2 saturated heterocycles. The van der Waals surface area contributed by atoms with Gasteiger partial charge < -0.3 is 15.2 Å². The van der Waals surface area contributed by atoms with Gasteiger partial charge in [0.15, 0.2) is 5.78 Å². The Balaban J connectivity index is 1.24. The van der Waals surface area contributed by atoms with Crippen LogP contribution in [0.3, 0.4) is 0 Å². The van der Waals surface area contributed by atoms with Crippen LogP contribution in [0.15, 0.2) is 54.7 Å². The number of Topliss-reactive ketones (excluding diaryl/α,β-unsaturated/α-hetero) is 1. The number of rotatable bonds is 11. The van der Waals surface area contributed by atoms with Crippen LogP contribution in [-0.2, 0) is 20.7 Å². The van der Waals surface area contributed by atoms with Gasteiger partial charge in [-0.3, -0.25) is 34.1 Å². The summed E-state index contributed by atoms with van der Waals surface area (Å²) in [4.78, 5) is 49.1. The van der Waals surface area contributed by atoms with Crippen molar-refractivity contribution in [1.82, 2.24) is 19.7 Å². The Morgan fingerprint density at radius 3 is 2.26 bits per heavy atom. The summed E-state index contributed by atoms with van der Waals surface area (Å²) in [5, 5.41) is 14.2. The quantitative estimate of drug-likeness (QED) is 0.253. The van der Waals surface area contributed by atoms with E-state index in [0.29, 0.717) is 55.4 Å². The average Bonchev–Trinajstić information content (AvgIpc) is 3.64. The largest absolute Gasteiger partial charge is 0.481 e. The van der Waals surface area contributed by atoms with Crippen molar-refractivity contribution >= 4 is 45.7 Å².